The van der Waals surface area contributed by atoms with Crippen LogP contribution in [-0.4, -0.2) is 48.6 Å². The molecule has 32 heavy (non-hydrogen) atoms. The van der Waals surface area contributed by atoms with Gasteiger partial charge in [0.05, 0.1) is 10.6 Å². The summed E-state index contributed by atoms with van der Waals surface area (Å²) in [5.41, 5.74) is 6.41. The van der Waals surface area contributed by atoms with E-state index in [1.165, 1.54) is 19.3 Å². The van der Waals surface area contributed by atoms with E-state index in [0.717, 1.165) is 56.4 Å². The summed E-state index contributed by atoms with van der Waals surface area (Å²) in [5, 5.41) is 3.54. The topological polar surface area (TPSA) is 57.4 Å². The summed E-state index contributed by atoms with van der Waals surface area (Å²) in [4.78, 5) is 8.38. The van der Waals surface area contributed by atoms with Crippen LogP contribution in [0.4, 0.5) is 19.0 Å². The molecule has 3 rings (SSSR count). The fraction of sp³-hybridized carbons (Fsp3) is 0.609. The van der Waals surface area contributed by atoms with Crippen LogP contribution in [0.25, 0.3) is 0 Å². The second kappa shape index (κ2) is 10.8. The highest BCUT2D eigenvalue weighted by molar-refractivity contribution is 6.33. The number of anilines is 1. The molecule has 2 aliphatic rings. The van der Waals surface area contributed by atoms with Crippen molar-refractivity contribution in [2.45, 2.75) is 50.7 Å². The van der Waals surface area contributed by atoms with Crippen molar-refractivity contribution in [1.82, 2.24) is 15.2 Å². The third kappa shape index (κ3) is 7.04. The highest BCUT2D eigenvalue weighted by Crippen LogP contribution is 2.34. The van der Waals surface area contributed by atoms with Crippen molar-refractivity contribution in [3.05, 3.63) is 47.4 Å². The lowest BCUT2D eigenvalue weighted by Gasteiger charge is -2.37. The smallest absolute Gasteiger partial charge is 0.402 e. The highest BCUT2D eigenvalue weighted by Gasteiger charge is 2.32. The summed E-state index contributed by atoms with van der Waals surface area (Å²) in [6.45, 7) is 11.9. The van der Waals surface area contributed by atoms with Gasteiger partial charge in [0.15, 0.2) is 0 Å². The second-order valence-electron chi connectivity index (χ2n) is 8.95. The van der Waals surface area contributed by atoms with E-state index in [1.54, 1.807) is 0 Å². The van der Waals surface area contributed by atoms with Gasteiger partial charge in [-0.25, -0.2) is 4.98 Å². The number of nitrogens with one attached hydrogen (secondary N) is 1. The van der Waals surface area contributed by atoms with Gasteiger partial charge in [0.2, 0.25) is 0 Å². The van der Waals surface area contributed by atoms with Crippen LogP contribution in [0.5, 0.6) is 0 Å². The minimum absolute atomic E-state index is 0.0529. The van der Waals surface area contributed by atoms with E-state index in [2.05, 4.69) is 28.4 Å². The van der Waals surface area contributed by atoms with Crippen molar-refractivity contribution >= 4 is 17.4 Å². The zero-order valence-corrected chi connectivity index (χ0v) is 19.2. The first-order valence-corrected chi connectivity index (χ1v) is 11.6. The van der Waals surface area contributed by atoms with Gasteiger partial charge in [-0.15, -0.1) is 0 Å². The molecular weight excluding hydrogens is 439 g/mol. The van der Waals surface area contributed by atoms with Crippen molar-refractivity contribution < 1.29 is 13.2 Å². The molecule has 1 aromatic heterocycles. The molecule has 2 heterocycles. The Balaban J connectivity index is 1.37. The van der Waals surface area contributed by atoms with Gasteiger partial charge < -0.3 is 16.0 Å². The molecule has 0 radical (unpaired) electrons. The molecule has 1 aromatic rings. The summed E-state index contributed by atoms with van der Waals surface area (Å²) in [6.07, 6.45) is 2.93. The molecule has 3 N–H and O–H groups in total. The van der Waals surface area contributed by atoms with E-state index < -0.39 is 11.7 Å². The molecule has 0 atom stereocenters. The minimum atomic E-state index is -4.43. The monoisotopic (exact) mass is 471 g/mol. The van der Waals surface area contributed by atoms with E-state index in [0.29, 0.717) is 37.1 Å². The summed E-state index contributed by atoms with van der Waals surface area (Å²) in [6, 6.07) is 1.44. The molecule has 0 spiro atoms. The summed E-state index contributed by atoms with van der Waals surface area (Å²) in [5.74, 6) is 1.17. The number of alkyl halides is 3. The number of pyridine rings is 1. The van der Waals surface area contributed by atoms with Crippen LogP contribution in [-0.2, 0) is 6.18 Å². The van der Waals surface area contributed by atoms with Crippen LogP contribution in [0.15, 0.2) is 36.8 Å². The molecule has 1 saturated carbocycles. The molecule has 178 valence electrons. The van der Waals surface area contributed by atoms with Crippen LogP contribution >= 0.6 is 11.6 Å². The first-order chi connectivity index (χ1) is 15.1. The third-order valence-corrected chi connectivity index (χ3v) is 6.65. The molecule has 9 heteroatoms. The normalized spacial score (nSPS) is 22.6. The molecule has 0 amide bonds. The van der Waals surface area contributed by atoms with E-state index in [4.69, 9.17) is 17.3 Å². The lowest BCUT2D eigenvalue weighted by atomic mass is 9.84. The van der Waals surface area contributed by atoms with E-state index >= 15 is 0 Å². The van der Waals surface area contributed by atoms with Gasteiger partial charge in [-0.3, -0.25) is 4.90 Å². The summed E-state index contributed by atoms with van der Waals surface area (Å²) >= 11 is 6.10. The van der Waals surface area contributed by atoms with Crippen molar-refractivity contribution in [2.75, 3.05) is 37.6 Å². The number of piperazine rings is 1. The Morgan fingerprint density at radius 2 is 1.81 bits per heavy atom. The van der Waals surface area contributed by atoms with Crippen LogP contribution in [0.3, 0.4) is 0 Å². The maximum Gasteiger partial charge on any atom is 0.417 e. The zero-order chi connectivity index (χ0) is 23.3. The Kier molecular flexibility index (Phi) is 8.33. The van der Waals surface area contributed by atoms with Crippen molar-refractivity contribution in [2.24, 2.45) is 11.7 Å². The average Bonchev–Trinajstić information content (AvgIpc) is 2.72. The maximum absolute atomic E-state index is 12.8. The largest absolute Gasteiger partial charge is 0.417 e. The lowest BCUT2D eigenvalue weighted by molar-refractivity contribution is -0.137. The van der Waals surface area contributed by atoms with Crippen molar-refractivity contribution in [3.63, 3.8) is 0 Å². The maximum atomic E-state index is 12.8. The van der Waals surface area contributed by atoms with Crippen LogP contribution in [0.2, 0.25) is 5.02 Å². The van der Waals surface area contributed by atoms with Crippen LogP contribution < -0.4 is 16.0 Å². The molecule has 1 aliphatic heterocycles. The van der Waals surface area contributed by atoms with Gasteiger partial charge in [0.1, 0.15) is 5.82 Å². The van der Waals surface area contributed by atoms with Crippen LogP contribution in [0.1, 0.15) is 44.1 Å². The number of halogens is 4. The first kappa shape index (κ1) is 24.7. The van der Waals surface area contributed by atoms with Gasteiger partial charge in [-0.2, -0.15) is 13.2 Å². The summed E-state index contributed by atoms with van der Waals surface area (Å²) in [7, 11) is 0. The Morgan fingerprint density at radius 3 is 2.38 bits per heavy atom. The molecule has 0 bridgehead atoms. The Hall–Kier alpha value is -1.93. The lowest BCUT2D eigenvalue weighted by Crippen LogP contribution is -2.47. The quantitative estimate of drug-likeness (QED) is 0.571. The molecule has 0 unspecified atom stereocenters. The van der Waals surface area contributed by atoms with Gasteiger partial charge in [-0.1, -0.05) is 24.8 Å². The Bertz CT molecular complexity index is 797. The van der Waals surface area contributed by atoms with Gasteiger partial charge in [0, 0.05) is 56.2 Å². The summed E-state index contributed by atoms with van der Waals surface area (Å²) < 4.78 is 38.5. The molecule has 1 aliphatic carbocycles. The number of hydrogen-bond donors (Lipinski definition) is 2. The van der Waals surface area contributed by atoms with E-state index in [-0.39, 0.29) is 5.02 Å². The standard InChI is InChI=1S/C23H33ClF3N5/c1-16(28)13-17(2)30-20-5-3-18(4-6-20)7-8-31-9-11-32(12-10-31)22-21(24)14-19(15-29-22)23(25,26)27/h14-15,18,20,30H,1-13,28H2. The molecule has 2 fully saturated rings. The van der Waals surface area contributed by atoms with Gasteiger partial charge in [0.25, 0.3) is 0 Å². The zero-order valence-electron chi connectivity index (χ0n) is 18.4. The average molecular weight is 472 g/mol. The van der Waals surface area contributed by atoms with Crippen molar-refractivity contribution in [1.29, 1.82) is 0 Å². The van der Waals surface area contributed by atoms with E-state index in [9.17, 15) is 13.2 Å². The van der Waals surface area contributed by atoms with Gasteiger partial charge >= 0.3 is 6.18 Å². The predicted molar refractivity (Wildman–Crippen MR) is 123 cm³/mol. The van der Waals surface area contributed by atoms with E-state index in [1.807, 2.05) is 4.90 Å². The SMILES string of the molecule is C=C(N)CC(=C)NC1CCC(CCN2CCN(c3ncc(C(F)(F)F)cc3Cl)CC2)CC1. The minimum Gasteiger partial charge on any atom is -0.402 e. The second-order valence-corrected chi connectivity index (χ2v) is 9.35. The molecule has 1 saturated heterocycles. The molecular formula is C23H33ClF3N5. The number of nitrogens with two attached hydrogens (primary N) is 1. The first-order valence-electron chi connectivity index (χ1n) is 11.2. The molecule has 0 aromatic carbocycles. The van der Waals surface area contributed by atoms with Crippen molar-refractivity contribution in [3.8, 4) is 0 Å². The highest BCUT2D eigenvalue weighted by atomic mass is 35.5. The molecule has 5 nitrogen and oxygen atoms in total. The number of rotatable bonds is 8. The Labute approximate surface area is 193 Å². The fourth-order valence-corrected chi connectivity index (χ4v) is 4.86. The Morgan fingerprint density at radius 1 is 1.16 bits per heavy atom. The number of nitrogens with zero attached hydrogens (tertiary/aromatic N) is 3. The fourth-order valence-electron chi connectivity index (χ4n) is 4.58. The van der Waals surface area contributed by atoms with Crippen LogP contribution in [0, 0.1) is 5.92 Å². The number of hydrogen-bond acceptors (Lipinski definition) is 5. The third-order valence-electron chi connectivity index (χ3n) is 6.37. The van der Waals surface area contributed by atoms with Gasteiger partial charge in [-0.05, 0) is 50.6 Å². The number of aromatic nitrogens is 1. The predicted octanol–water partition coefficient (Wildman–Crippen LogP) is 4.79.